The molecule has 1 fully saturated rings. The molecule has 27 heavy (non-hydrogen) atoms. The first-order valence-corrected chi connectivity index (χ1v) is 10.1. The lowest BCUT2D eigenvalue weighted by atomic mass is 9.99. The summed E-state index contributed by atoms with van der Waals surface area (Å²) >= 11 is 0. The first-order chi connectivity index (χ1) is 13.2. The van der Waals surface area contributed by atoms with Crippen molar-refractivity contribution in [1.82, 2.24) is 9.88 Å². The molecule has 3 heteroatoms. The summed E-state index contributed by atoms with van der Waals surface area (Å²) in [7, 11) is 0. The maximum atomic E-state index is 12.7. The Morgan fingerprint density at radius 2 is 1.74 bits per heavy atom. The summed E-state index contributed by atoms with van der Waals surface area (Å²) in [6, 6.07) is 20.4. The smallest absolute Gasteiger partial charge is 0.255 e. The van der Waals surface area contributed by atoms with E-state index in [4.69, 9.17) is 0 Å². The van der Waals surface area contributed by atoms with E-state index in [1.165, 1.54) is 32.1 Å². The van der Waals surface area contributed by atoms with Crippen LogP contribution >= 0.6 is 0 Å². The van der Waals surface area contributed by atoms with Crippen LogP contribution in [0.5, 0.6) is 0 Å². The van der Waals surface area contributed by atoms with Crippen molar-refractivity contribution in [3.05, 3.63) is 76.6 Å². The number of hydrogen-bond acceptors (Lipinski definition) is 2. The van der Waals surface area contributed by atoms with Crippen LogP contribution in [0.2, 0.25) is 0 Å². The zero-order valence-corrected chi connectivity index (χ0v) is 16.0. The average Bonchev–Trinajstić information content (AvgIpc) is 3.20. The third-order valence-corrected chi connectivity index (χ3v) is 5.84. The van der Waals surface area contributed by atoms with Gasteiger partial charge >= 0.3 is 0 Å². The van der Waals surface area contributed by atoms with E-state index >= 15 is 0 Å². The van der Waals surface area contributed by atoms with Gasteiger partial charge in [0.15, 0.2) is 0 Å². The number of aromatic nitrogens is 1. The second-order valence-electron chi connectivity index (χ2n) is 7.86. The van der Waals surface area contributed by atoms with Crippen LogP contribution in [0.4, 0.5) is 0 Å². The van der Waals surface area contributed by atoms with E-state index in [9.17, 15) is 4.79 Å². The van der Waals surface area contributed by atoms with Gasteiger partial charge in [0.05, 0.1) is 11.2 Å². The molecule has 1 heterocycles. The Kier molecular flexibility index (Phi) is 5.40. The van der Waals surface area contributed by atoms with Crippen molar-refractivity contribution in [2.75, 3.05) is 0 Å². The van der Waals surface area contributed by atoms with E-state index in [1.807, 2.05) is 41.0 Å². The molecule has 4 rings (SSSR count). The van der Waals surface area contributed by atoms with Crippen molar-refractivity contribution in [3.8, 4) is 5.69 Å². The Labute approximate surface area is 161 Å². The van der Waals surface area contributed by atoms with E-state index in [-0.39, 0.29) is 5.56 Å². The van der Waals surface area contributed by atoms with Gasteiger partial charge in [0.1, 0.15) is 0 Å². The summed E-state index contributed by atoms with van der Waals surface area (Å²) in [4.78, 5) is 12.7. The fourth-order valence-corrected chi connectivity index (χ4v) is 4.43. The molecule has 1 aliphatic carbocycles. The van der Waals surface area contributed by atoms with E-state index < -0.39 is 0 Å². The van der Waals surface area contributed by atoms with Crippen LogP contribution < -0.4 is 10.9 Å². The lowest BCUT2D eigenvalue weighted by molar-refractivity contribution is 0.404. The third-order valence-electron chi connectivity index (χ3n) is 5.84. The van der Waals surface area contributed by atoms with Gasteiger partial charge in [-0.25, -0.2) is 0 Å². The molecule has 3 nitrogen and oxygen atoms in total. The van der Waals surface area contributed by atoms with Crippen molar-refractivity contribution in [1.29, 1.82) is 0 Å². The fourth-order valence-electron chi connectivity index (χ4n) is 4.43. The van der Waals surface area contributed by atoms with Gasteiger partial charge in [-0.1, -0.05) is 62.1 Å². The highest BCUT2D eigenvalue weighted by Crippen LogP contribution is 2.28. The van der Waals surface area contributed by atoms with Crippen LogP contribution in [-0.2, 0) is 6.54 Å². The summed E-state index contributed by atoms with van der Waals surface area (Å²) in [6.07, 6.45) is 6.80. The number of nitrogens with one attached hydrogen (secondary N) is 1. The number of rotatable bonds is 6. The summed E-state index contributed by atoms with van der Waals surface area (Å²) in [5, 5.41) is 4.77. The van der Waals surface area contributed by atoms with E-state index in [0.717, 1.165) is 34.6 Å². The van der Waals surface area contributed by atoms with Crippen LogP contribution in [0.1, 0.15) is 44.6 Å². The Hall–Kier alpha value is -2.39. The van der Waals surface area contributed by atoms with E-state index in [1.54, 1.807) is 6.07 Å². The maximum absolute atomic E-state index is 12.7. The molecule has 0 radical (unpaired) electrons. The molecule has 3 aromatic rings. The van der Waals surface area contributed by atoms with Crippen molar-refractivity contribution in [2.45, 2.75) is 51.6 Å². The van der Waals surface area contributed by atoms with Crippen LogP contribution in [0.15, 0.2) is 65.5 Å². The molecule has 1 aliphatic rings. The van der Waals surface area contributed by atoms with Crippen LogP contribution in [0.3, 0.4) is 0 Å². The largest absolute Gasteiger partial charge is 0.310 e. The lowest BCUT2D eigenvalue weighted by Crippen LogP contribution is -2.28. The standard InChI is InChI=1S/C24H28N2O/c1-18(16-19-8-2-3-9-19)25-17-21-11-5-7-13-23(21)26-22-12-6-4-10-20(22)14-15-24(26)27/h4-7,10-15,18-19,25H,2-3,8-9,16-17H2,1H3/t18-/m0/s1. The topological polar surface area (TPSA) is 34.0 Å². The summed E-state index contributed by atoms with van der Waals surface area (Å²) in [5.74, 6) is 0.878. The number of fused-ring (bicyclic) bond motifs is 1. The number of nitrogens with zero attached hydrogens (tertiary/aromatic N) is 1. The van der Waals surface area contributed by atoms with Gasteiger partial charge in [0.25, 0.3) is 5.56 Å². The van der Waals surface area contributed by atoms with Crippen LogP contribution in [0.25, 0.3) is 16.6 Å². The molecule has 0 saturated heterocycles. The highest BCUT2D eigenvalue weighted by atomic mass is 16.1. The van der Waals surface area contributed by atoms with E-state index in [0.29, 0.717) is 6.04 Å². The highest BCUT2D eigenvalue weighted by molar-refractivity contribution is 5.80. The Balaban J connectivity index is 1.60. The van der Waals surface area contributed by atoms with Crippen molar-refractivity contribution in [3.63, 3.8) is 0 Å². The fraction of sp³-hybridized carbons (Fsp3) is 0.375. The minimum Gasteiger partial charge on any atom is -0.310 e. The minimum absolute atomic E-state index is 0.0140. The number of para-hydroxylation sites is 2. The van der Waals surface area contributed by atoms with Crippen molar-refractivity contribution in [2.24, 2.45) is 5.92 Å². The van der Waals surface area contributed by atoms with Crippen LogP contribution in [-0.4, -0.2) is 10.6 Å². The van der Waals surface area contributed by atoms with Gasteiger partial charge in [-0.15, -0.1) is 0 Å². The zero-order valence-electron chi connectivity index (χ0n) is 16.0. The molecule has 0 bridgehead atoms. The molecule has 1 aromatic heterocycles. The molecular weight excluding hydrogens is 332 g/mol. The molecule has 2 aromatic carbocycles. The predicted octanol–water partition coefficient (Wildman–Crippen LogP) is 5.05. The summed E-state index contributed by atoms with van der Waals surface area (Å²) in [6.45, 7) is 3.06. The molecule has 1 N–H and O–H groups in total. The molecule has 0 unspecified atom stereocenters. The molecule has 1 atom stereocenters. The van der Waals surface area contributed by atoms with Gasteiger partial charge < -0.3 is 5.32 Å². The number of hydrogen-bond donors (Lipinski definition) is 1. The quantitative estimate of drug-likeness (QED) is 0.667. The SMILES string of the molecule is C[C@@H](CC1CCCC1)NCc1ccccc1-n1c(=O)ccc2ccccc21. The first kappa shape index (κ1) is 18.0. The average molecular weight is 361 g/mol. The third kappa shape index (κ3) is 3.98. The van der Waals surface area contributed by atoms with Gasteiger partial charge in [-0.3, -0.25) is 9.36 Å². The van der Waals surface area contributed by atoms with Crippen LogP contribution in [0, 0.1) is 5.92 Å². The Morgan fingerprint density at radius 3 is 2.59 bits per heavy atom. The normalized spacial score (nSPS) is 16.0. The maximum Gasteiger partial charge on any atom is 0.255 e. The van der Waals surface area contributed by atoms with Crippen molar-refractivity contribution < 1.29 is 0 Å². The molecule has 0 amide bonds. The van der Waals surface area contributed by atoms with Gasteiger partial charge in [-0.05, 0) is 48.4 Å². The van der Waals surface area contributed by atoms with E-state index in [2.05, 4.69) is 30.4 Å². The van der Waals surface area contributed by atoms with Gasteiger partial charge in [0, 0.05) is 18.7 Å². The summed E-state index contributed by atoms with van der Waals surface area (Å²) < 4.78 is 1.84. The molecule has 140 valence electrons. The zero-order chi connectivity index (χ0) is 18.6. The number of benzene rings is 2. The molecule has 0 spiro atoms. The van der Waals surface area contributed by atoms with Crippen molar-refractivity contribution >= 4 is 10.9 Å². The minimum atomic E-state index is 0.0140. The monoisotopic (exact) mass is 360 g/mol. The summed E-state index contributed by atoms with van der Waals surface area (Å²) in [5.41, 5.74) is 3.10. The molecule has 1 saturated carbocycles. The van der Waals surface area contributed by atoms with Gasteiger partial charge in [-0.2, -0.15) is 0 Å². The second kappa shape index (κ2) is 8.10. The highest BCUT2D eigenvalue weighted by Gasteiger charge is 2.18. The molecular formula is C24H28N2O. The molecule has 0 aliphatic heterocycles. The Bertz CT molecular complexity index is 969. The lowest BCUT2D eigenvalue weighted by Gasteiger charge is -2.20. The first-order valence-electron chi connectivity index (χ1n) is 10.1. The Morgan fingerprint density at radius 1 is 1.00 bits per heavy atom. The predicted molar refractivity (Wildman–Crippen MR) is 112 cm³/mol. The number of pyridine rings is 1. The second-order valence-corrected chi connectivity index (χ2v) is 7.86. The van der Waals surface area contributed by atoms with Gasteiger partial charge in [0.2, 0.25) is 0 Å².